The largest absolute Gasteiger partial charge is 0.450 e. The second-order valence-corrected chi connectivity index (χ2v) is 37.0. The van der Waals surface area contributed by atoms with Gasteiger partial charge < -0.3 is 97.2 Å². The van der Waals surface area contributed by atoms with Crippen molar-refractivity contribution in [2.24, 2.45) is 33.5 Å². The molecule has 8 aliphatic rings. The van der Waals surface area contributed by atoms with Gasteiger partial charge in [0.25, 0.3) is 0 Å². The molecule has 2 unspecified atom stereocenters. The van der Waals surface area contributed by atoms with E-state index in [0.717, 1.165) is 185 Å². The molecule has 31 heteroatoms. The van der Waals surface area contributed by atoms with Crippen molar-refractivity contribution in [2.75, 3.05) is 152 Å². The summed E-state index contributed by atoms with van der Waals surface area (Å²) in [6, 6.07) is 15.4. The number of hydrogen-bond acceptors (Lipinski definition) is 24. The number of unbranched alkanes of at least 4 members (excludes halogenated alkanes) is 1. The monoisotopic (exact) mass is 1870 g/mol. The number of nitrogens with zero attached hydrogens (tertiary/aromatic N) is 6. The molecule has 0 bridgehead atoms. The molecule has 6 saturated carbocycles. The van der Waals surface area contributed by atoms with Crippen molar-refractivity contribution in [1.82, 2.24) is 35.8 Å². The highest BCUT2D eigenvalue weighted by molar-refractivity contribution is 5.95. The lowest BCUT2D eigenvalue weighted by Gasteiger charge is -2.42. The van der Waals surface area contributed by atoms with Crippen LogP contribution >= 0.6 is 0 Å². The molecular formula is C101H169F2N9O20. The Kier molecular flexibility index (Phi) is 63.6. The van der Waals surface area contributed by atoms with E-state index < -0.39 is 18.0 Å². The van der Waals surface area contributed by atoms with Gasteiger partial charge in [0.1, 0.15) is 23.5 Å². The van der Waals surface area contributed by atoms with E-state index in [2.05, 4.69) is 123 Å². The van der Waals surface area contributed by atoms with E-state index in [9.17, 15) is 32.8 Å². The molecule has 4 N–H and O–H groups in total. The van der Waals surface area contributed by atoms with Gasteiger partial charge in [0.05, 0.1) is 86.6 Å². The Balaban J connectivity index is 0.000000493. The third-order valence-corrected chi connectivity index (χ3v) is 21.4. The second-order valence-electron chi connectivity index (χ2n) is 37.0. The number of carbonyl (C=O) groups is 5. The molecule has 12 rings (SSSR count). The van der Waals surface area contributed by atoms with Gasteiger partial charge in [0.15, 0.2) is 0 Å². The SMILES string of the molecule is CC1(C)CC(OCCCCO)C1.CC1(C)CC(OCc2cc(F)ccc2C#N)C1.CCCOC1CC1COC.CCCOCCC1CCOCC1.CCCOCCOC1CC1.CCNC(=O)OCC.CCNC(=O)Oc1cccc(F)c1.CCNC(=O)Oc1ncccn1.CCOCCCOC1CC(C)(C)C1.CN(C)C(=O)OC1CC(C)(C)C1.Cc1cnc2c(c1)N(C)C(=O)CC2. The van der Waals surface area contributed by atoms with Gasteiger partial charge in [-0.2, -0.15) is 5.26 Å². The number of nitrogens with one attached hydrogen (secondary N) is 3. The van der Waals surface area contributed by atoms with Gasteiger partial charge in [-0.1, -0.05) is 82.2 Å². The van der Waals surface area contributed by atoms with Crippen LogP contribution in [-0.2, 0) is 74.7 Å². The minimum atomic E-state index is -0.576. The van der Waals surface area contributed by atoms with E-state index in [1.165, 1.54) is 118 Å². The molecule has 2 aliphatic heterocycles. The minimum absolute atomic E-state index is 0.0588. The summed E-state index contributed by atoms with van der Waals surface area (Å²) in [5, 5.41) is 24.8. The number of methoxy groups -OCH3 is 1. The van der Waals surface area contributed by atoms with Crippen molar-refractivity contribution < 1.29 is 104 Å². The lowest BCUT2D eigenvalue weighted by atomic mass is 9.70. The number of aromatic nitrogens is 3. The Morgan fingerprint density at radius 2 is 1.13 bits per heavy atom. The number of ether oxygens (including phenoxy) is 14. The fraction of sp³-hybridized carbons (Fsp3) is 0.733. The Labute approximate surface area is 790 Å². The van der Waals surface area contributed by atoms with E-state index in [1.807, 2.05) is 33.0 Å². The first-order valence-electron chi connectivity index (χ1n) is 48.1. The molecular weight excluding hydrogens is 1700 g/mol. The van der Waals surface area contributed by atoms with Crippen LogP contribution in [0.1, 0.15) is 268 Å². The molecule has 1 saturated heterocycles. The standard InChI is InChI=1S/C14H16FNO.C11H22O2.C10H12N2O.2C10H20O2.C9H10FNO2.C9H17NO2.2C8H16O2.C7H9N3O2.C5H11NO2/c1-14(2)6-13(7-14)17-9-11-5-12(15)4-3-10(11)8-16;1-4-12-6-5-7-13-10-8-11(2,3)9-10;1-7-5-9-8(11-6-7)3-4-10(13)12(9)2;1-10(2)7-9(8-10)12-6-4-3-5-11;1-2-6-11-7-3-10-4-8-12-9-5-10;1-2-11-9(12)13-8-5-3-4-7(10)6-8;1-9(2)5-7(6-9)12-8(11)10(3)4;1-3-4-10-8-5-7(8)6-9-2;1-2-5-9-6-7-10-8-3-4-8;1-2-8-7(11)12-6-9-4-3-5-10-6;1-3-6-5(7)8-4-2/h3-5,13H,6-7,9H2,1-2H3;10H,4-9H2,1-3H3;5-6H,3-4H2,1-2H3;9,11H,3-8H2,1-2H3;10H,2-9H2,1H3;3-6H,2H2,1H3,(H,11,12);7H,5-6H2,1-4H3;7-8H,3-6H2,1-2H3;8H,2-7H2,1H3;3-5H,2H2,1H3,(H,8,11);3-4H2,1-2H3,(H,6,7). The van der Waals surface area contributed by atoms with Crippen LogP contribution in [0.3, 0.4) is 0 Å². The van der Waals surface area contributed by atoms with Gasteiger partial charge >= 0.3 is 30.4 Å². The van der Waals surface area contributed by atoms with Gasteiger partial charge in [-0.25, -0.2) is 37.9 Å². The number of hydrogen-bond donors (Lipinski definition) is 4. The zero-order valence-electron chi connectivity index (χ0n) is 84.2. The molecule has 132 heavy (non-hydrogen) atoms. The van der Waals surface area contributed by atoms with E-state index in [1.54, 1.807) is 60.0 Å². The Morgan fingerprint density at radius 1 is 0.583 bits per heavy atom. The first-order chi connectivity index (χ1) is 63.0. The normalized spacial score (nSPS) is 17.7. The fourth-order valence-electron chi connectivity index (χ4n) is 14.1. The highest BCUT2D eigenvalue weighted by atomic mass is 19.1. The topological polar surface area (TPSA) is 340 Å². The number of aryl methyl sites for hydroxylation is 2. The second kappa shape index (κ2) is 69.9. The van der Waals surface area contributed by atoms with E-state index >= 15 is 0 Å². The number of aliphatic hydroxyl groups is 1. The number of anilines is 1. The number of nitriles is 1. The number of carbonyl (C=O) groups excluding carboxylic acids is 5. The zero-order chi connectivity index (χ0) is 98.2. The molecule has 0 spiro atoms. The van der Waals surface area contributed by atoms with E-state index in [4.69, 9.17) is 67.2 Å². The van der Waals surface area contributed by atoms with E-state index in [-0.39, 0.29) is 47.9 Å². The number of alkyl carbamates (subject to hydrolysis) is 1. The average Bonchev–Trinajstić information content (AvgIpc) is 1.17. The van der Waals surface area contributed by atoms with Crippen LogP contribution in [0.2, 0.25) is 0 Å². The average molecular weight is 1870 g/mol. The van der Waals surface area contributed by atoms with E-state index in [0.29, 0.717) is 109 Å². The van der Waals surface area contributed by atoms with Gasteiger partial charge in [0.2, 0.25) is 5.91 Å². The maximum atomic E-state index is 13.1. The highest BCUT2D eigenvalue weighted by Crippen LogP contribution is 2.45. The summed E-state index contributed by atoms with van der Waals surface area (Å²) >= 11 is 0. The molecule has 0 radical (unpaired) electrons. The van der Waals surface area contributed by atoms with Crippen LogP contribution in [0.25, 0.3) is 0 Å². The van der Waals surface area contributed by atoms with Gasteiger partial charge in [-0.05, 0) is 251 Å². The number of halogens is 2. The van der Waals surface area contributed by atoms with Crippen molar-refractivity contribution >= 4 is 36.0 Å². The molecule has 4 aromatic rings. The number of fused-ring (bicyclic) bond motifs is 1. The Bertz CT molecular complexity index is 3720. The summed E-state index contributed by atoms with van der Waals surface area (Å²) in [6.07, 6.45) is 29.6. The highest BCUT2D eigenvalue weighted by Gasteiger charge is 2.41. The van der Waals surface area contributed by atoms with Crippen LogP contribution in [0.15, 0.2) is 73.2 Å². The number of rotatable bonds is 37. The molecule has 29 nitrogen and oxygen atoms in total. The maximum absolute atomic E-state index is 13.1. The summed E-state index contributed by atoms with van der Waals surface area (Å²) in [5.74, 6) is 1.18. The van der Waals surface area contributed by atoms with Crippen LogP contribution in [0.5, 0.6) is 11.8 Å². The summed E-state index contributed by atoms with van der Waals surface area (Å²) in [5.41, 5.74) is 6.01. The molecule has 7 fully saturated rings. The molecule has 2 atom stereocenters. The quantitative estimate of drug-likeness (QED) is 0.0305. The number of pyridine rings is 1. The zero-order valence-corrected chi connectivity index (χ0v) is 84.2. The van der Waals surface area contributed by atoms with Crippen molar-refractivity contribution in [2.45, 2.75) is 302 Å². The van der Waals surface area contributed by atoms with Crippen molar-refractivity contribution in [3.63, 3.8) is 0 Å². The number of amides is 5. The van der Waals surface area contributed by atoms with Crippen LogP contribution in [0, 0.1) is 63.4 Å². The fourth-order valence-corrected chi connectivity index (χ4v) is 14.1. The van der Waals surface area contributed by atoms with Crippen LogP contribution in [0.4, 0.5) is 33.6 Å². The number of aliphatic hydroxyl groups excluding tert-OH is 1. The Hall–Kier alpha value is -7.87. The first-order valence-corrected chi connectivity index (χ1v) is 48.1. The molecule has 4 heterocycles. The van der Waals surface area contributed by atoms with Crippen molar-refractivity contribution in [3.05, 3.63) is 107 Å². The van der Waals surface area contributed by atoms with Crippen LogP contribution < -0.4 is 30.3 Å². The predicted octanol–water partition coefficient (Wildman–Crippen LogP) is 19.7. The smallest absolute Gasteiger partial charge is 0.415 e. The summed E-state index contributed by atoms with van der Waals surface area (Å²) in [6.45, 7) is 49.5. The number of benzene rings is 2. The van der Waals surface area contributed by atoms with Crippen LogP contribution in [-0.4, -0.2) is 239 Å². The molecule has 2 aromatic heterocycles. The minimum Gasteiger partial charge on any atom is -0.450 e. The first kappa shape index (κ1) is 120. The lowest BCUT2D eigenvalue weighted by Crippen LogP contribution is -2.41. The molecule has 5 amide bonds. The lowest BCUT2D eigenvalue weighted by molar-refractivity contribution is -0.118. The third kappa shape index (κ3) is 59.1. The summed E-state index contributed by atoms with van der Waals surface area (Å²) in [4.78, 5) is 69.3. The van der Waals surface area contributed by atoms with Gasteiger partial charge in [-0.3, -0.25) is 9.78 Å². The summed E-state index contributed by atoms with van der Waals surface area (Å²) < 4.78 is 98.8. The van der Waals surface area contributed by atoms with Crippen molar-refractivity contribution in [1.29, 1.82) is 5.26 Å². The van der Waals surface area contributed by atoms with Gasteiger partial charge in [-0.15, -0.1) is 0 Å². The summed E-state index contributed by atoms with van der Waals surface area (Å²) in [7, 11) is 6.95. The maximum Gasteiger partial charge on any atom is 0.415 e. The molecule has 2 aromatic carbocycles. The predicted molar refractivity (Wildman–Crippen MR) is 511 cm³/mol. The molecule has 752 valence electrons. The molecule has 6 aliphatic carbocycles. The van der Waals surface area contributed by atoms with Crippen molar-refractivity contribution in [3.8, 4) is 17.8 Å². The Morgan fingerprint density at radius 3 is 1.65 bits per heavy atom. The van der Waals surface area contributed by atoms with Gasteiger partial charge in [0, 0.05) is 164 Å². The third-order valence-electron chi connectivity index (χ3n) is 21.4.